The zero-order valence-corrected chi connectivity index (χ0v) is 9.22. The third-order valence-corrected chi connectivity index (χ3v) is 2.31. The Balaban J connectivity index is 2.93. The van der Waals surface area contributed by atoms with Gasteiger partial charge in [-0.2, -0.15) is 0 Å². The number of carbonyl (C=O) groups excluding carboxylic acids is 1. The van der Waals surface area contributed by atoms with Gasteiger partial charge in [-0.15, -0.1) is 0 Å². The molecule has 92 valence electrons. The number of esters is 1. The molecule has 0 aliphatic rings. The van der Waals surface area contributed by atoms with E-state index in [0.717, 1.165) is 6.20 Å². The van der Waals surface area contributed by atoms with Crippen molar-refractivity contribution in [1.82, 2.24) is 4.98 Å². The van der Waals surface area contributed by atoms with E-state index in [1.807, 2.05) is 0 Å². The summed E-state index contributed by atoms with van der Waals surface area (Å²) in [5, 5.41) is 8.73. The van der Waals surface area contributed by atoms with Crippen LogP contribution in [-0.2, 0) is 14.3 Å². The standard InChI is InChI=1S/C11H12FNO4/c1-17-11(16)5-7(4-10(14)15)8-2-3-13-6-9(8)12/h2-3,6-7H,4-5H2,1H3,(H,14,15). The Hall–Kier alpha value is -1.98. The highest BCUT2D eigenvalue weighted by Gasteiger charge is 2.22. The van der Waals surface area contributed by atoms with E-state index >= 15 is 0 Å². The highest BCUT2D eigenvalue weighted by atomic mass is 19.1. The molecule has 1 aromatic rings. The Kier molecular flexibility index (Phi) is 4.56. The molecule has 0 bridgehead atoms. The van der Waals surface area contributed by atoms with Gasteiger partial charge in [0, 0.05) is 12.1 Å². The Labute approximate surface area is 97.2 Å². The van der Waals surface area contributed by atoms with Crippen molar-refractivity contribution in [3.8, 4) is 0 Å². The molecule has 0 saturated heterocycles. The van der Waals surface area contributed by atoms with Crippen LogP contribution in [-0.4, -0.2) is 29.1 Å². The highest BCUT2D eigenvalue weighted by Crippen LogP contribution is 2.25. The van der Waals surface area contributed by atoms with Crippen LogP contribution in [0.4, 0.5) is 4.39 Å². The van der Waals surface area contributed by atoms with Gasteiger partial charge in [-0.05, 0) is 11.6 Å². The minimum atomic E-state index is -1.10. The average molecular weight is 241 g/mol. The summed E-state index contributed by atoms with van der Waals surface area (Å²) in [5.41, 5.74) is 0.160. The molecule has 0 fully saturated rings. The normalized spacial score (nSPS) is 11.9. The van der Waals surface area contributed by atoms with Crippen LogP contribution >= 0.6 is 0 Å². The first-order valence-corrected chi connectivity index (χ1v) is 4.92. The molecule has 6 heteroatoms. The van der Waals surface area contributed by atoms with E-state index in [0.29, 0.717) is 0 Å². The van der Waals surface area contributed by atoms with Gasteiger partial charge < -0.3 is 9.84 Å². The molecule has 1 heterocycles. The second kappa shape index (κ2) is 5.93. The van der Waals surface area contributed by atoms with Gasteiger partial charge in [0.1, 0.15) is 5.82 Å². The zero-order chi connectivity index (χ0) is 12.8. The lowest BCUT2D eigenvalue weighted by molar-refractivity contribution is -0.141. The Morgan fingerprint density at radius 1 is 1.53 bits per heavy atom. The molecule has 0 aromatic carbocycles. The lowest BCUT2D eigenvalue weighted by Crippen LogP contribution is -2.14. The number of aromatic nitrogens is 1. The van der Waals surface area contributed by atoms with Gasteiger partial charge in [0.05, 0.1) is 26.1 Å². The van der Waals surface area contributed by atoms with Crippen molar-refractivity contribution in [1.29, 1.82) is 0 Å². The Bertz CT molecular complexity index is 422. The van der Waals surface area contributed by atoms with Gasteiger partial charge in [-0.25, -0.2) is 4.39 Å². The van der Waals surface area contributed by atoms with E-state index in [9.17, 15) is 14.0 Å². The van der Waals surface area contributed by atoms with Gasteiger partial charge in [-0.1, -0.05) is 0 Å². The maximum atomic E-state index is 13.4. The van der Waals surface area contributed by atoms with Crippen LogP contribution in [0, 0.1) is 5.82 Å². The van der Waals surface area contributed by atoms with E-state index in [2.05, 4.69) is 9.72 Å². The molecule has 0 aliphatic heterocycles. The topological polar surface area (TPSA) is 76.5 Å². The molecular weight excluding hydrogens is 229 g/mol. The Morgan fingerprint density at radius 2 is 2.24 bits per heavy atom. The first-order valence-electron chi connectivity index (χ1n) is 4.92. The van der Waals surface area contributed by atoms with Crippen molar-refractivity contribution in [2.45, 2.75) is 18.8 Å². The molecule has 1 unspecified atom stereocenters. The van der Waals surface area contributed by atoms with E-state index < -0.39 is 23.7 Å². The number of hydrogen-bond donors (Lipinski definition) is 1. The number of ether oxygens (including phenoxy) is 1. The molecule has 1 N–H and O–H groups in total. The minimum Gasteiger partial charge on any atom is -0.481 e. The predicted octanol–water partition coefficient (Wildman–Crippen LogP) is 1.34. The fraction of sp³-hybridized carbons (Fsp3) is 0.364. The molecule has 1 rings (SSSR count). The third-order valence-electron chi connectivity index (χ3n) is 2.31. The first-order chi connectivity index (χ1) is 8.04. The smallest absolute Gasteiger partial charge is 0.306 e. The summed E-state index contributed by atoms with van der Waals surface area (Å²) < 4.78 is 17.9. The number of aliphatic carboxylic acids is 1. The molecular formula is C11H12FNO4. The van der Waals surface area contributed by atoms with Gasteiger partial charge >= 0.3 is 11.9 Å². The van der Waals surface area contributed by atoms with Crippen LogP contribution in [0.1, 0.15) is 24.3 Å². The van der Waals surface area contributed by atoms with Crippen LogP contribution in [0.2, 0.25) is 0 Å². The Morgan fingerprint density at radius 3 is 2.76 bits per heavy atom. The summed E-state index contributed by atoms with van der Waals surface area (Å²) in [4.78, 5) is 25.4. The van der Waals surface area contributed by atoms with Crippen molar-refractivity contribution in [3.63, 3.8) is 0 Å². The second-order valence-electron chi connectivity index (χ2n) is 3.47. The number of methoxy groups -OCH3 is 1. The lowest BCUT2D eigenvalue weighted by Gasteiger charge is -2.14. The van der Waals surface area contributed by atoms with Crippen molar-refractivity contribution in [2.24, 2.45) is 0 Å². The van der Waals surface area contributed by atoms with E-state index in [4.69, 9.17) is 5.11 Å². The van der Waals surface area contributed by atoms with Crippen molar-refractivity contribution in [2.75, 3.05) is 7.11 Å². The van der Waals surface area contributed by atoms with Crippen LogP contribution in [0.25, 0.3) is 0 Å². The molecule has 0 radical (unpaired) electrons. The fourth-order valence-corrected chi connectivity index (χ4v) is 1.50. The molecule has 5 nitrogen and oxygen atoms in total. The second-order valence-corrected chi connectivity index (χ2v) is 3.47. The molecule has 0 aliphatic carbocycles. The summed E-state index contributed by atoms with van der Waals surface area (Å²) in [7, 11) is 1.20. The molecule has 0 amide bonds. The largest absolute Gasteiger partial charge is 0.481 e. The minimum absolute atomic E-state index is 0.160. The fourth-order valence-electron chi connectivity index (χ4n) is 1.50. The number of carbonyl (C=O) groups is 2. The summed E-state index contributed by atoms with van der Waals surface area (Å²) in [6, 6.07) is 1.37. The van der Waals surface area contributed by atoms with Gasteiger partial charge in [0.2, 0.25) is 0 Å². The van der Waals surface area contributed by atoms with Crippen LogP contribution in [0.5, 0.6) is 0 Å². The number of rotatable bonds is 5. The summed E-state index contributed by atoms with van der Waals surface area (Å²) in [5.74, 6) is -3.05. The average Bonchev–Trinajstić information content (AvgIpc) is 2.28. The van der Waals surface area contributed by atoms with Gasteiger partial charge in [0.25, 0.3) is 0 Å². The quantitative estimate of drug-likeness (QED) is 0.787. The number of pyridine rings is 1. The van der Waals surface area contributed by atoms with Crippen molar-refractivity contribution in [3.05, 3.63) is 29.8 Å². The van der Waals surface area contributed by atoms with E-state index in [1.165, 1.54) is 19.4 Å². The van der Waals surface area contributed by atoms with Crippen LogP contribution in [0.15, 0.2) is 18.5 Å². The van der Waals surface area contributed by atoms with E-state index in [-0.39, 0.29) is 18.4 Å². The first kappa shape index (κ1) is 13.1. The highest BCUT2D eigenvalue weighted by molar-refractivity contribution is 5.73. The third kappa shape index (κ3) is 3.82. The number of nitrogens with zero attached hydrogens (tertiary/aromatic N) is 1. The van der Waals surface area contributed by atoms with Crippen molar-refractivity contribution < 1.29 is 23.8 Å². The number of carboxylic acids is 1. The number of carboxylic acid groups (broad SMARTS) is 1. The van der Waals surface area contributed by atoms with Gasteiger partial charge in [0.15, 0.2) is 0 Å². The number of hydrogen-bond acceptors (Lipinski definition) is 4. The summed E-state index contributed by atoms with van der Waals surface area (Å²) in [6.07, 6.45) is 1.83. The summed E-state index contributed by atoms with van der Waals surface area (Å²) >= 11 is 0. The molecule has 17 heavy (non-hydrogen) atoms. The SMILES string of the molecule is COC(=O)CC(CC(=O)O)c1ccncc1F. The van der Waals surface area contributed by atoms with Gasteiger partial charge in [-0.3, -0.25) is 14.6 Å². The monoisotopic (exact) mass is 241 g/mol. The van der Waals surface area contributed by atoms with E-state index in [1.54, 1.807) is 0 Å². The molecule has 1 atom stereocenters. The van der Waals surface area contributed by atoms with Crippen molar-refractivity contribution >= 4 is 11.9 Å². The number of halogens is 1. The lowest BCUT2D eigenvalue weighted by atomic mass is 9.93. The maximum Gasteiger partial charge on any atom is 0.306 e. The molecule has 0 spiro atoms. The van der Waals surface area contributed by atoms with Crippen LogP contribution < -0.4 is 0 Å². The predicted molar refractivity (Wildman–Crippen MR) is 55.8 cm³/mol. The maximum absolute atomic E-state index is 13.4. The summed E-state index contributed by atoms with van der Waals surface area (Å²) in [6.45, 7) is 0. The zero-order valence-electron chi connectivity index (χ0n) is 9.22. The van der Waals surface area contributed by atoms with Crippen LogP contribution in [0.3, 0.4) is 0 Å². The molecule has 1 aromatic heterocycles. The molecule has 0 saturated carbocycles.